The van der Waals surface area contributed by atoms with E-state index in [9.17, 15) is 0 Å². The summed E-state index contributed by atoms with van der Waals surface area (Å²) in [5, 5.41) is 10.1. The first kappa shape index (κ1) is 8.87. The van der Waals surface area contributed by atoms with Crippen molar-refractivity contribution in [3.8, 4) is 0 Å². The average Bonchev–Trinajstić information content (AvgIpc) is 2.14. The first-order valence-electron chi connectivity index (χ1n) is 2.06. The highest BCUT2D eigenvalue weighted by Crippen LogP contribution is 2.08. The van der Waals surface area contributed by atoms with Gasteiger partial charge in [-0.2, -0.15) is 0 Å². The third-order valence-electron chi connectivity index (χ3n) is 0.652. The second kappa shape index (κ2) is 3.81. The van der Waals surface area contributed by atoms with Gasteiger partial charge in [0.05, 0.1) is 0 Å². The van der Waals surface area contributed by atoms with Crippen LogP contribution in [0, 0.1) is 3.95 Å². The third kappa shape index (κ3) is 2.30. The van der Waals surface area contributed by atoms with Crippen molar-refractivity contribution in [3.05, 3.63) is 3.95 Å². The van der Waals surface area contributed by atoms with Gasteiger partial charge in [0.15, 0.2) is 3.95 Å². The van der Waals surface area contributed by atoms with Crippen molar-refractivity contribution >= 4 is 41.1 Å². The van der Waals surface area contributed by atoms with Crippen LogP contribution in [-0.2, 0) is 0 Å². The van der Waals surface area contributed by atoms with Crippen LogP contribution >= 0.6 is 36.0 Å². The Labute approximate surface area is 67.9 Å². The lowest BCUT2D eigenvalue weighted by Gasteiger charge is -1.82. The van der Waals surface area contributed by atoms with Crippen LogP contribution in [0.4, 0.5) is 5.13 Å². The monoisotopic (exact) mass is 183 g/mol. The number of halogens is 1. The third-order valence-corrected chi connectivity index (χ3v) is 1.76. The van der Waals surface area contributed by atoms with E-state index < -0.39 is 0 Å². The summed E-state index contributed by atoms with van der Waals surface area (Å²) in [6.45, 7) is 0. The maximum absolute atomic E-state index is 4.76. The second-order valence-electron chi connectivity index (χ2n) is 1.17. The summed E-state index contributed by atoms with van der Waals surface area (Å²) in [5.41, 5.74) is 0. The molecule has 9 heavy (non-hydrogen) atoms. The number of aromatic amines is 1. The van der Waals surface area contributed by atoms with Crippen molar-refractivity contribution in [1.29, 1.82) is 0 Å². The summed E-state index contributed by atoms with van der Waals surface area (Å²) in [5.74, 6) is 0. The Morgan fingerprint density at radius 1 is 1.78 bits per heavy atom. The number of anilines is 1. The largest absolute Gasteiger partial charge is 0.363 e. The molecular weight excluding hydrogens is 178 g/mol. The Kier molecular flexibility index (Phi) is 3.76. The van der Waals surface area contributed by atoms with Gasteiger partial charge in [0, 0.05) is 7.05 Å². The van der Waals surface area contributed by atoms with E-state index >= 15 is 0 Å². The topological polar surface area (TPSA) is 40.7 Å². The lowest BCUT2D eigenvalue weighted by atomic mass is 11.1. The molecule has 0 spiro atoms. The van der Waals surface area contributed by atoms with Gasteiger partial charge < -0.3 is 5.32 Å². The molecule has 0 radical (unpaired) electrons. The van der Waals surface area contributed by atoms with E-state index in [1.54, 1.807) is 7.05 Å². The van der Waals surface area contributed by atoms with E-state index in [4.69, 9.17) is 12.2 Å². The van der Waals surface area contributed by atoms with Gasteiger partial charge in [-0.1, -0.05) is 11.3 Å². The highest BCUT2D eigenvalue weighted by atomic mass is 35.5. The number of hydrogen-bond donors (Lipinski definition) is 2. The van der Waals surface area contributed by atoms with E-state index in [1.165, 1.54) is 11.3 Å². The number of H-pyrrole nitrogens is 1. The zero-order valence-electron chi connectivity index (χ0n) is 4.67. The molecule has 6 heteroatoms. The number of rotatable bonds is 1. The highest BCUT2D eigenvalue weighted by molar-refractivity contribution is 7.73. The van der Waals surface area contributed by atoms with Crippen LogP contribution in [0.1, 0.15) is 0 Å². The Balaban J connectivity index is 0.000000640. The van der Waals surface area contributed by atoms with Crippen molar-refractivity contribution in [2.45, 2.75) is 0 Å². The van der Waals surface area contributed by atoms with Gasteiger partial charge in [-0.3, -0.25) is 5.10 Å². The van der Waals surface area contributed by atoms with Gasteiger partial charge in [0.1, 0.15) is 0 Å². The Hall–Kier alpha value is -0.130. The molecule has 0 amide bonds. The molecule has 1 aromatic rings. The molecule has 0 aliphatic heterocycles. The molecule has 52 valence electrons. The summed E-state index contributed by atoms with van der Waals surface area (Å²) < 4.78 is 0.703. The Morgan fingerprint density at radius 2 is 2.44 bits per heavy atom. The van der Waals surface area contributed by atoms with Gasteiger partial charge >= 0.3 is 0 Å². The van der Waals surface area contributed by atoms with Crippen LogP contribution in [0.15, 0.2) is 0 Å². The van der Waals surface area contributed by atoms with Gasteiger partial charge in [-0.05, 0) is 12.2 Å². The maximum atomic E-state index is 4.76. The van der Waals surface area contributed by atoms with Crippen LogP contribution in [0.3, 0.4) is 0 Å². The summed E-state index contributed by atoms with van der Waals surface area (Å²) in [6.07, 6.45) is 0. The number of hydrogen-bond acceptors (Lipinski definition) is 4. The summed E-state index contributed by atoms with van der Waals surface area (Å²) in [7, 11) is 1.81. The number of nitrogens with zero attached hydrogens (tertiary/aromatic N) is 1. The molecule has 0 aliphatic carbocycles. The minimum Gasteiger partial charge on any atom is -0.363 e. The van der Waals surface area contributed by atoms with E-state index in [0.717, 1.165) is 5.13 Å². The van der Waals surface area contributed by atoms with Crippen LogP contribution in [-0.4, -0.2) is 17.2 Å². The molecule has 1 aromatic heterocycles. The zero-order valence-corrected chi connectivity index (χ0v) is 7.12. The van der Waals surface area contributed by atoms with Gasteiger partial charge in [-0.15, -0.1) is 17.5 Å². The number of aromatic nitrogens is 2. The molecule has 0 atom stereocenters. The molecule has 0 saturated carbocycles. The van der Waals surface area contributed by atoms with Crippen LogP contribution < -0.4 is 5.32 Å². The lowest BCUT2D eigenvalue weighted by Crippen LogP contribution is -1.84. The molecule has 3 nitrogen and oxygen atoms in total. The fourth-order valence-corrected chi connectivity index (χ4v) is 1.08. The van der Waals surface area contributed by atoms with Gasteiger partial charge in [0.25, 0.3) is 0 Å². The normalized spacial score (nSPS) is 8.11. The minimum absolute atomic E-state index is 0. The fourth-order valence-electron chi connectivity index (χ4n) is 0.337. The number of nitrogens with one attached hydrogen (secondary N) is 2. The molecule has 0 unspecified atom stereocenters. The molecule has 0 fully saturated rings. The smallest absolute Gasteiger partial charge is 0.204 e. The Morgan fingerprint density at radius 3 is 2.67 bits per heavy atom. The molecule has 2 N–H and O–H groups in total. The lowest BCUT2D eigenvalue weighted by molar-refractivity contribution is 1.08. The van der Waals surface area contributed by atoms with Crippen LogP contribution in [0.2, 0.25) is 0 Å². The van der Waals surface area contributed by atoms with Crippen LogP contribution in [0.5, 0.6) is 0 Å². The molecule has 0 aromatic carbocycles. The molecule has 0 bridgehead atoms. The molecule has 0 aliphatic rings. The van der Waals surface area contributed by atoms with Crippen molar-refractivity contribution in [2.24, 2.45) is 0 Å². The standard InChI is InChI=1S/C3H5N3S2.ClH/c1-4-2-5-6-3(7)8-2;/h1H3,(H,4,5)(H,6,7);1H. The second-order valence-corrected chi connectivity index (χ2v) is 2.83. The van der Waals surface area contributed by atoms with E-state index in [-0.39, 0.29) is 12.4 Å². The summed E-state index contributed by atoms with van der Waals surface area (Å²) >= 11 is 6.18. The Bertz CT molecular complexity index is 217. The zero-order chi connectivity index (χ0) is 5.98. The average molecular weight is 184 g/mol. The minimum atomic E-state index is 0. The summed E-state index contributed by atoms with van der Waals surface area (Å²) in [6, 6.07) is 0. The molecule has 1 rings (SSSR count). The van der Waals surface area contributed by atoms with Gasteiger partial charge in [0.2, 0.25) is 5.13 Å². The molecular formula is C3H6ClN3S2. The van der Waals surface area contributed by atoms with Crippen molar-refractivity contribution in [1.82, 2.24) is 10.2 Å². The fraction of sp³-hybridized carbons (Fsp3) is 0.333. The molecule has 1 heterocycles. The van der Waals surface area contributed by atoms with Gasteiger partial charge in [-0.25, -0.2) is 0 Å². The van der Waals surface area contributed by atoms with Crippen molar-refractivity contribution in [2.75, 3.05) is 12.4 Å². The highest BCUT2D eigenvalue weighted by Gasteiger charge is 1.87. The molecule has 0 saturated heterocycles. The first-order chi connectivity index (χ1) is 3.83. The SMILES string of the molecule is CNc1n[nH]c(=S)s1.Cl. The quantitative estimate of drug-likeness (QED) is 0.651. The summed E-state index contributed by atoms with van der Waals surface area (Å²) in [4.78, 5) is 0. The maximum Gasteiger partial charge on any atom is 0.204 e. The predicted molar refractivity (Wildman–Crippen MR) is 44.1 cm³/mol. The first-order valence-corrected chi connectivity index (χ1v) is 3.28. The van der Waals surface area contributed by atoms with E-state index in [1.807, 2.05) is 0 Å². The van der Waals surface area contributed by atoms with E-state index in [2.05, 4.69) is 15.5 Å². The van der Waals surface area contributed by atoms with E-state index in [0.29, 0.717) is 3.95 Å². The predicted octanol–water partition coefficient (Wildman–Crippen LogP) is 1.66. The van der Waals surface area contributed by atoms with Crippen molar-refractivity contribution in [3.63, 3.8) is 0 Å². The van der Waals surface area contributed by atoms with Crippen LogP contribution in [0.25, 0.3) is 0 Å². The van der Waals surface area contributed by atoms with Crippen molar-refractivity contribution < 1.29 is 0 Å².